The molecule has 0 bridgehead atoms. The summed E-state index contributed by atoms with van der Waals surface area (Å²) in [5, 5.41) is 0. The van der Waals surface area contributed by atoms with E-state index in [1.807, 2.05) is 47.4 Å². The molecule has 1 heterocycles. The van der Waals surface area contributed by atoms with Gasteiger partial charge in [0.1, 0.15) is 5.75 Å². The van der Waals surface area contributed by atoms with Crippen LogP contribution in [0.25, 0.3) is 6.08 Å². The quantitative estimate of drug-likeness (QED) is 0.505. The standard InChI is InChI=1S/C28H35NO3/c1-19(2)24-16-10-20(3)18-26(24)32-27-25(17-11-21-8-6-5-7-9-21)29(28(27)30)22-12-14-23(31-4)15-13-22/h5-9,11-15,17,19-20,24-27H,10,16,18H2,1-4H3. The lowest BCUT2D eigenvalue weighted by atomic mass is 9.75. The summed E-state index contributed by atoms with van der Waals surface area (Å²) in [5.74, 6) is 2.52. The van der Waals surface area contributed by atoms with Crippen LogP contribution in [0.3, 0.4) is 0 Å². The molecule has 4 rings (SSSR count). The van der Waals surface area contributed by atoms with Gasteiger partial charge in [-0.25, -0.2) is 0 Å². The second-order valence-electron chi connectivity index (χ2n) is 9.59. The number of anilines is 1. The molecule has 2 aromatic rings. The lowest BCUT2D eigenvalue weighted by Crippen LogP contribution is -2.66. The Morgan fingerprint density at radius 3 is 2.41 bits per heavy atom. The van der Waals surface area contributed by atoms with Crippen molar-refractivity contribution in [1.82, 2.24) is 0 Å². The number of benzene rings is 2. The van der Waals surface area contributed by atoms with Crippen molar-refractivity contribution in [2.24, 2.45) is 17.8 Å². The van der Waals surface area contributed by atoms with E-state index in [0.29, 0.717) is 17.8 Å². The summed E-state index contributed by atoms with van der Waals surface area (Å²) in [5.41, 5.74) is 1.99. The Morgan fingerprint density at radius 2 is 1.75 bits per heavy atom. The highest BCUT2D eigenvalue weighted by atomic mass is 16.5. The molecule has 4 heteroatoms. The second-order valence-corrected chi connectivity index (χ2v) is 9.59. The summed E-state index contributed by atoms with van der Waals surface area (Å²) in [6.07, 6.45) is 7.36. The van der Waals surface area contributed by atoms with Crippen molar-refractivity contribution >= 4 is 17.7 Å². The highest BCUT2D eigenvalue weighted by Crippen LogP contribution is 2.39. The average Bonchev–Trinajstić information content (AvgIpc) is 2.80. The van der Waals surface area contributed by atoms with Crippen LogP contribution in [0.1, 0.15) is 45.6 Å². The van der Waals surface area contributed by atoms with Gasteiger partial charge in [-0.3, -0.25) is 9.69 Å². The molecule has 32 heavy (non-hydrogen) atoms. The number of β-lactam (4-membered cyclic amide) rings is 1. The van der Waals surface area contributed by atoms with Crippen LogP contribution in [0, 0.1) is 17.8 Å². The minimum absolute atomic E-state index is 0.0404. The van der Waals surface area contributed by atoms with Gasteiger partial charge in [-0.1, -0.05) is 69.7 Å². The lowest BCUT2D eigenvalue weighted by Gasteiger charge is -2.48. The van der Waals surface area contributed by atoms with Crippen LogP contribution in [-0.2, 0) is 9.53 Å². The number of rotatable bonds is 7. The van der Waals surface area contributed by atoms with Crippen molar-refractivity contribution in [3.8, 4) is 5.75 Å². The molecule has 1 amide bonds. The van der Waals surface area contributed by atoms with E-state index in [4.69, 9.17) is 9.47 Å². The van der Waals surface area contributed by atoms with E-state index in [1.165, 1.54) is 12.8 Å². The van der Waals surface area contributed by atoms with Crippen molar-refractivity contribution in [2.75, 3.05) is 12.0 Å². The zero-order valence-electron chi connectivity index (χ0n) is 19.6. The van der Waals surface area contributed by atoms with Crippen LogP contribution >= 0.6 is 0 Å². The number of hydrogen-bond acceptors (Lipinski definition) is 3. The monoisotopic (exact) mass is 433 g/mol. The summed E-state index contributed by atoms with van der Waals surface area (Å²) < 4.78 is 11.9. The minimum Gasteiger partial charge on any atom is -0.497 e. The van der Waals surface area contributed by atoms with E-state index < -0.39 is 6.10 Å². The molecule has 0 N–H and O–H groups in total. The molecule has 5 unspecified atom stereocenters. The molecule has 0 spiro atoms. The molecule has 5 atom stereocenters. The first kappa shape index (κ1) is 22.6. The minimum atomic E-state index is -0.436. The number of carbonyl (C=O) groups excluding carboxylic acids is 1. The van der Waals surface area contributed by atoms with Gasteiger partial charge < -0.3 is 9.47 Å². The molecule has 2 fully saturated rings. The SMILES string of the molecule is COc1ccc(N2C(=O)C(OC3CC(C)CCC3C(C)C)C2C=Cc2ccccc2)cc1. The Balaban J connectivity index is 1.58. The molecule has 0 radical (unpaired) electrons. The number of nitrogens with zero attached hydrogens (tertiary/aromatic N) is 1. The van der Waals surface area contributed by atoms with Crippen LogP contribution < -0.4 is 9.64 Å². The van der Waals surface area contributed by atoms with Gasteiger partial charge in [-0.15, -0.1) is 0 Å². The molecule has 2 aromatic carbocycles. The maximum atomic E-state index is 13.3. The van der Waals surface area contributed by atoms with Crippen molar-refractivity contribution in [3.63, 3.8) is 0 Å². The summed E-state index contributed by atoms with van der Waals surface area (Å²) in [7, 11) is 1.65. The van der Waals surface area contributed by atoms with E-state index in [9.17, 15) is 4.79 Å². The molecule has 4 nitrogen and oxygen atoms in total. The third kappa shape index (κ3) is 4.75. The van der Waals surface area contributed by atoms with Gasteiger partial charge in [0.05, 0.1) is 19.3 Å². The van der Waals surface area contributed by atoms with Crippen molar-refractivity contribution in [3.05, 3.63) is 66.2 Å². The zero-order chi connectivity index (χ0) is 22.7. The van der Waals surface area contributed by atoms with Gasteiger partial charge in [-0.2, -0.15) is 0 Å². The van der Waals surface area contributed by atoms with Crippen LogP contribution in [-0.4, -0.2) is 31.3 Å². The smallest absolute Gasteiger partial charge is 0.259 e. The Bertz CT molecular complexity index is 921. The fourth-order valence-corrected chi connectivity index (χ4v) is 5.08. The van der Waals surface area contributed by atoms with Crippen molar-refractivity contribution in [2.45, 2.75) is 58.3 Å². The Hall–Kier alpha value is -2.59. The number of ether oxygens (including phenoxy) is 2. The molecule has 0 aromatic heterocycles. The second kappa shape index (κ2) is 9.91. The van der Waals surface area contributed by atoms with Crippen molar-refractivity contribution < 1.29 is 14.3 Å². The van der Waals surface area contributed by atoms with Crippen LogP contribution in [0.5, 0.6) is 5.75 Å². The molecule has 1 saturated heterocycles. The maximum Gasteiger partial charge on any atom is 0.259 e. The average molecular weight is 434 g/mol. The predicted molar refractivity (Wildman–Crippen MR) is 130 cm³/mol. The third-order valence-corrected chi connectivity index (χ3v) is 7.01. The molecule has 170 valence electrons. The zero-order valence-corrected chi connectivity index (χ0v) is 19.6. The van der Waals surface area contributed by atoms with Gasteiger partial charge >= 0.3 is 0 Å². The van der Waals surface area contributed by atoms with Gasteiger partial charge in [0.2, 0.25) is 0 Å². The summed E-state index contributed by atoms with van der Waals surface area (Å²) >= 11 is 0. The normalized spacial score (nSPS) is 28.2. The van der Waals surface area contributed by atoms with Crippen LogP contribution in [0.15, 0.2) is 60.7 Å². The highest BCUT2D eigenvalue weighted by molar-refractivity contribution is 6.05. The third-order valence-electron chi connectivity index (χ3n) is 7.01. The van der Waals surface area contributed by atoms with Crippen LogP contribution in [0.2, 0.25) is 0 Å². The fourth-order valence-electron chi connectivity index (χ4n) is 5.08. The molecule has 1 saturated carbocycles. The Morgan fingerprint density at radius 1 is 1.03 bits per heavy atom. The Labute approximate surface area is 192 Å². The Kier molecular flexibility index (Phi) is 7.00. The first-order valence-corrected chi connectivity index (χ1v) is 11.8. The first-order valence-electron chi connectivity index (χ1n) is 11.8. The number of methoxy groups -OCH3 is 1. The summed E-state index contributed by atoms with van der Waals surface area (Å²) in [4.78, 5) is 15.2. The van der Waals surface area contributed by atoms with Crippen LogP contribution in [0.4, 0.5) is 5.69 Å². The van der Waals surface area contributed by atoms with Gasteiger partial charge in [-0.05, 0) is 60.4 Å². The van der Waals surface area contributed by atoms with E-state index in [2.05, 4.69) is 45.1 Å². The van der Waals surface area contributed by atoms with Gasteiger partial charge in [0.25, 0.3) is 5.91 Å². The van der Waals surface area contributed by atoms with Crippen molar-refractivity contribution in [1.29, 1.82) is 0 Å². The summed E-state index contributed by atoms with van der Waals surface area (Å²) in [6, 6.07) is 17.8. The predicted octanol–water partition coefficient (Wildman–Crippen LogP) is 5.97. The molecular formula is C28H35NO3. The largest absolute Gasteiger partial charge is 0.497 e. The maximum absolute atomic E-state index is 13.3. The van der Waals surface area contributed by atoms with E-state index in [-0.39, 0.29) is 18.1 Å². The molecule has 2 aliphatic rings. The molecular weight excluding hydrogens is 398 g/mol. The van der Waals surface area contributed by atoms with E-state index in [1.54, 1.807) is 7.11 Å². The summed E-state index contributed by atoms with van der Waals surface area (Å²) in [6.45, 7) is 6.85. The van der Waals surface area contributed by atoms with E-state index >= 15 is 0 Å². The molecule has 1 aliphatic carbocycles. The molecule has 1 aliphatic heterocycles. The topological polar surface area (TPSA) is 38.8 Å². The first-order chi connectivity index (χ1) is 15.5. The number of amides is 1. The fraction of sp³-hybridized carbons (Fsp3) is 0.464. The number of hydrogen-bond donors (Lipinski definition) is 0. The van der Waals surface area contributed by atoms with E-state index in [0.717, 1.165) is 23.4 Å². The van der Waals surface area contributed by atoms with Gasteiger partial charge in [0, 0.05) is 5.69 Å². The highest BCUT2D eigenvalue weighted by Gasteiger charge is 2.50. The van der Waals surface area contributed by atoms with Gasteiger partial charge in [0.15, 0.2) is 6.10 Å². The lowest BCUT2D eigenvalue weighted by molar-refractivity contribution is -0.154. The number of carbonyl (C=O) groups is 1.